The van der Waals surface area contributed by atoms with Crippen molar-refractivity contribution in [2.75, 3.05) is 38.2 Å². The Hall–Kier alpha value is -1.24. The summed E-state index contributed by atoms with van der Waals surface area (Å²) in [7, 11) is 2.07. The molecule has 3 heterocycles. The molecule has 108 valence electrons. The normalized spacial score (nSPS) is 19.4. The van der Waals surface area contributed by atoms with Crippen LogP contribution in [0.5, 0.6) is 0 Å². The van der Waals surface area contributed by atoms with Gasteiger partial charge in [-0.3, -0.25) is 0 Å². The third-order valence-electron chi connectivity index (χ3n) is 3.55. The van der Waals surface area contributed by atoms with Gasteiger partial charge in [0.1, 0.15) is 17.0 Å². The van der Waals surface area contributed by atoms with Crippen LogP contribution in [0.3, 0.4) is 0 Å². The number of fused-ring (bicyclic) bond motifs is 1. The van der Waals surface area contributed by atoms with Gasteiger partial charge >= 0.3 is 0 Å². The van der Waals surface area contributed by atoms with Crippen molar-refractivity contribution in [2.24, 2.45) is 0 Å². The van der Waals surface area contributed by atoms with Crippen LogP contribution in [0.25, 0.3) is 10.2 Å². The second kappa shape index (κ2) is 6.03. The summed E-state index contributed by atoms with van der Waals surface area (Å²) in [6.07, 6.45) is 2.92. The summed E-state index contributed by atoms with van der Waals surface area (Å²) >= 11 is 1.75. The molecule has 20 heavy (non-hydrogen) atoms. The zero-order valence-electron chi connectivity index (χ0n) is 11.9. The van der Waals surface area contributed by atoms with Gasteiger partial charge in [-0.25, -0.2) is 9.97 Å². The molecule has 1 fully saturated rings. The first-order valence-electron chi connectivity index (χ1n) is 7.04. The molecule has 5 nitrogen and oxygen atoms in total. The zero-order chi connectivity index (χ0) is 13.9. The molecule has 1 aliphatic heterocycles. The van der Waals surface area contributed by atoms with Crippen LogP contribution in [0.4, 0.5) is 5.82 Å². The number of rotatable bonds is 4. The quantitative estimate of drug-likeness (QED) is 0.929. The van der Waals surface area contributed by atoms with Crippen LogP contribution in [0.15, 0.2) is 12.4 Å². The lowest BCUT2D eigenvalue weighted by molar-refractivity contribution is 0.0339. The van der Waals surface area contributed by atoms with E-state index >= 15 is 0 Å². The molecule has 1 atom stereocenters. The fourth-order valence-electron chi connectivity index (χ4n) is 2.50. The monoisotopic (exact) mass is 292 g/mol. The van der Waals surface area contributed by atoms with Crippen molar-refractivity contribution in [3.8, 4) is 0 Å². The van der Waals surface area contributed by atoms with E-state index in [0.717, 1.165) is 48.7 Å². The average Bonchev–Trinajstić information content (AvgIpc) is 2.91. The number of aromatic nitrogens is 2. The van der Waals surface area contributed by atoms with Gasteiger partial charge in [0.15, 0.2) is 0 Å². The van der Waals surface area contributed by atoms with Crippen LogP contribution in [0.1, 0.15) is 11.8 Å². The predicted molar refractivity (Wildman–Crippen MR) is 82.7 cm³/mol. The van der Waals surface area contributed by atoms with Gasteiger partial charge in [-0.05, 0) is 12.5 Å². The second-order valence-corrected chi connectivity index (χ2v) is 6.18. The van der Waals surface area contributed by atoms with Crippen molar-refractivity contribution < 1.29 is 4.74 Å². The van der Waals surface area contributed by atoms with Gasteiger partial charge in [0.05, 0.1) is 18.1 Å². The predicted octanol–water partition coefficient (Wildman–Crippen LogP) is 1.68. The molecule has 0 saturated carbocycles. The van der Waals surface area contributed by atoms with Crippen molar-refractivity contribution in [3.05, 3.63) is 17.3 Å². The maximum atomic E-state index is 5.76. The Bertz CT molecular complexity index is 580. The first kappa shape index (κ1) is 13.7. The van der Waals surface area contributed by atoms with E-state index in [2.05, 4.69) is 40.2 Å². The van der Waals surface area contributed by atoms with Crippen molar-refractivity contribution in [1.29, 1.82) is 0 Å². The fourth-order valence-corrected chi connectivity index (χ4v) is 3.43. The molecule has 3 rings (SSSR count). The molecule has 1 saturated heterocycles. The smallest absolute Gasteiger partial charge is 0.140 e. The highest BCUT2D eigenvalue weighted by Gasteiger charge is 2.18. The van der Waals surface area contributed by atoms with Crippen molar-refractivity contribution in [1.82, 2.24) is 15.3 Å². The van der Waals surface area contributed by atoms with Crippen LogP contribution >= 0.6 is 11.3 Å². The van der Waals surface area contributed by atoms with Crippen molar-refractivity contribution in [2.45, 2.75) is 19.4 Å². The third kappa shape index (κ3) is 2.77. The number of morpholine rings is 1. The Morgan fingerprint density at radius 2 is 2.40 bits per heavy atom. The first-order valence-corrected chi connectivity index (χ1v) is 7.86. The van der Waals surface area contributed by atoms with E-state index in [4.69, 9.17) is 4.74 Å². The highest BCUT2D eigenvalue weighted by molar-refractivity contribution is 7.18. The Kier molecular flexibility index (Phi) is 4.14. The standard InChI is InChI=1S/C14H20N4OS/c1-3-11-6-12-13(16-9-17-14(12)20-11)18(2)8-10-7-15-4-5-19-10/h6,9-10,15H,3-5,7-8H2,1-2H3. The van der Waals surface area contributed by atoms with Gasteiger partial charge in [-0.2, -0.15) is 0 Å². The maximum Gasteiger partial charge on any atom is 0.140 e. The Morgan fingerprint density at radius 1 is 1.50 bits per heavy atom. The molecule has 0 radical (unpaired) electrons. The number of hydrogen-bond donors (Lipinski definition) is 1. The van der Waals surface area contributed by atoms with E-state index in [0.29, 0.717) is 0 Å². The van der Waals surface area contributed by atoms with E-state index in [-0.39, 0.29) is 6.10 Å². The van der Waals surface area contributed by atoms with Gasteiger partial charge in [0.25, 0.3) is 0 Å². The van der Waals surface area contributed by atoms with Crippen LogP contribution in [0.2, 0.25) is 0 Å². The number of anilines is 1. The molecule has 1 aliphatic rings. The van der Waals surface area contributed by atoms with Crippen molar-refractivity contribution in [3.63, 3.8) is 0 Å². The van der Waals surface area contributed by atoms with E-state index in [9.17, 15) is 0 Å². The molecule has 0 spiro atoms. The topological polar surface area (TPSA) is 50.3 Å². The van der Waals surface area contributed by atoms with Gasteiger partial charge in [-0.1, -0.05) is 6.92 Å². The maximum absolute atomic E-state index is 5.76. The summed E-state index contributed by atoms with van der Waals surface area (Å²) in [5.74, 6) is 1.00. The minimum absolute atomic E-state index is 0.225. The minimum atomic E-state index is 0.225. The average molecular weight is 292 g/mol. The van der Waals surface area contributed by atoms with Gasteiger partial charge in [-0.15, -0.1) is 11.3 Å². The zero-order valence-corrected chi connectivity index (χ0v) is 12.7. The fraction of sp³-hybridized carbons (Fsp3) is 0.571. The van der Waals surface area contributed by atoms with Gasteiger partial charge in [0, 0.05) is 31.6 Å². The van der Waals surface area contributed by atoms with E-state index < -0.39 is 0 Å². The lowest BCUT2D eigenvalue weighted by Crippen LogP contribution is -2.44. The number of nitrogens with one attached hydrogen (secondary N) is 1. The van der Waals surface area contributed by atoms with Crippen molar-refractivity contribution >= 4 is 27.4 Å². The number of likely N-dealkylation sites (N-methyl/N-ethyl adjacent to an activating group) is 1. The van der Waals surface area contributed by atoms with Crippen LogP contribution < -0.4 is 10.2 Å². The lowest BCUT2D eigenvalue weighted by Gasteiger charge is -2.28. The Morgan fingerprint density at radius 3 is 3.15 bits per heavy atom. The molecule has 1 unspecified atom stereocenters. The number of hydrogen-bond acceptors (Lipinski definition) is 6. The summed E-state index contributed by atoms with van der Waals surface area (Å²) in [5.41, 5.74) is 0. The SMILES string of the molecule is CCc1cc2c(N(C)CC3CNCCO3)ncnc2s1. The van der Waals surface area contributed by atoms with Crippen LogP contribution in [-0.4, -0.2) is 49.4 Å². The minimum Gasteiger partial charge on any atom is -0.374 e. The number of ether oxygens (including phenoxy) is 1. The molecule has 1 N–H and O–H groups in total. The largest absolute Gasteiger partial charge is 0.374 e. The van der Waals surface area contributed by atoms with Gasteiger partial charge < -0.3 is 15.0 Å². The molecule has 0 aliphatic carbocycles. The van der Waals surface area contributed by atoms with E-state index in [1.807, 2.05) is 0 Å². The summed E-state index contributed by atoms with van der Waals surface area (Å²) in [6, 6.07) is 2.21. The Balaban J connectivity index is 1.82. The molecule has 2 aromatic heterocycles. The third-order valence-corrected chi connectivity index (χ3v) is 4.74. The highest BCUT2D eigenvalue weighted by Crippen LogP contribution is 2.30. The van der Waals surface area contributed by atoms with E-state index in [1.165, 1.54) is 4.88 Å². The number of thiophene rings is 1. The summed E-state index contributed by atoms with van der Waals surface area (Å²) in [4.78, 5) is 13.4. The lowest BCUT2D eigenvalue weighted by atomic mass is 10.2. The summed E-state index contributed by atoms with van der Waals surface area (Å²) in [5, 5.41) is 4.51. The van der Waals surface area contributed by atoms with E-state index in [1.54, 1.807) is 17.7 Å². The molecule has 2 aromatic rings. The molecular formula is C14H20N4OS. The van der Waals surface area contributed by atoms with Crippen LogP contribution in [0, 0.1) is 0 Å². The van der Waals surface area contributed by atoms with Crippen LogP contribution in [-0.2, 0) is 11.2 Å². The summed E-state index contributed by atoms with van der Waals surface area (Å²) in [6.45, 7) is 5.65. The molecular weight excluding hydrogens is 272 g/mol. The highest BCUT2D eigenvalue weighted by atomic mass is 32.1. The second-order valence-electron chi connectivity index (χ2n) is 5.06. The molecule has 0 aromatic carbocycles. The number of nitrogens with zero attached hydrogens (tertiary/aromatic N) is 3. The Labute approximate surface area is 123 Å². The molecule has 6 heteroatoms. The van der Waals surface area contributed by atoms with Gasteiger partial charge in [0.2, 0.25) is 0 Å². The first-order chi connectivity index (χ1) is 9.78. The number of aryl methyl sites for hydroxylation is 1. The molecule has 0 amide bonds. The molecule has 0 bridgehead atoms. The summed E-state index contributed by atoms with van der Waals surface area (Å²) < 4.78 is 5.76.